The van der Waals surface area contributed by atoms with E-state index < -0.39 is 23.6 Å². The van der Waals surface area contributed by atoms with Crippen molar-refractivity contribution in [3.05, 3.63) is 24.3 Å². The molecule has 0 aromatic carbocycles. The van der Waals surface area contributed by atoms with Crippen LogP contribution < -0.4 is 0 Å². The van der Waals surface area contributed by atoms with Gasteiger partial charge in [-0.2, -0.15) is 0 Å². The highest BCUT2D eigenvalue weighted by molar-refractivity contribution is 5.75. The summed E-state index contributed by atoms with van der Waals surface area (Å²) in [5.41, 5.74) is -0.227. The van der Waals surface area contributed by atoms with E-state index in [1.54, 1.807) is 6.92 Å². The molecule has 0 amide bonds. The van der Waals surface area contributed by atoms with Crippen molar-refractivity contribution < 1.29 is 20.1 Å². The summed E-state index contributed by atoms with van der Waals surface area (Å²) in [5, 5.41) is 31.0. The average molecular weight is 334 g/mol. The Kier molecular flexibility index (Phi) is 4.00. The molecule has 0 aliphatic heterocycles. The van der Waals surface area contributed by atoms with Crippen molar-refractivity contribution in [3.8, 4) is 0 Å². The van der Waals surface area contributed by atoms with Crippen LogP contribution in [0.25, 0.3) is 0 Å². The Morgan fingerprint density at radius 1 is 1.29 bits per heavy atom. The van der Waals surface area contributed by atoms with Gasteiger partial charge in [0.1, 0.15) is 0 Å². The minimum atomic E-state index is -0.918. The maximum atomic E-state index is 12.0. The molecule has 0 radical (unpaired) electrons. The van der Waals surface area contributed by atoms with E-state index in [2.05, 4.69) is 19.6 Å². The van der Waals surface area contributed by atoms with Crippen LogP contribution in [0.1, 0.15) is 52.9 Å². The van der Waals surface area contributed by atoms with E-state index in [1.165, 1.54) is 5.57 Å². The molecule has 2 saturated carbocycles. The van der Waals surface area contributed by atoms with Crippen molar-refractivity contribution in [3.63, 3.8) is 0 Å². The number of aliphatic carboxylic acids is 1. The van der Waals surface area contributed by atoms with Crippen molar-refractivity contribution in [1.82, 2.24) is 0 Å². The first-order valence-electron chi connectivity index (χ1n) is 8.99. The number of fused-ring (bicyclic) bond motifs is 3. The summed E-state index contributed by atoms with van der Waals surface area (Å²) in [6, 6.07) is 0. The van der Waals surface area contributed by atoms with Crippen molar-refractivity contribution in [2.75, 3.05) is 0 Å². The number of hydrogen-bond acceptors (Lipinski definition) is 3. The van der Waals surface area contributed by atoms with Crippen molar-refractivity contribution >= 4 is 5.97 Å². The van der Waals surface area contributed by atoms with Gasteiger partial charge in [0.05, 0.1) is 17.6 Å². The van der Waals surface area contributed by atoms with Gasteiger partial charge in [-0.25, -0.2) is 0 Å². The summed E-state index contributed by atoms with van der Waals surface area (Å²) in [5.74, 6) is -0.700. The summed E-state index contributed by atoms with van der Waals surface area (Å²) in [6.07, 6.45) is 6.02. The molecule has 7 atom stereocenters. The molecule has 4 heteroatoms. The van der Waals surface area contributed by atoms with E-state index in [9.17, 15) is 20.1 Å². The first-order valence-corrected chi connectivity index (χ1v) is 8.99. The number of carbonyl (C=O) groups is 1. The second kappa shape index (κ2) is 5.43. The maximum absolute atomic E-state index is 12.0. The third-order valence-corrected chi connectivity index (χ3v) is 7.52. The molecule has 2 fully saturated rings. The first-order chi connectivity index (χ1) is 11.1. The number of rotatable bonds is 2. The van der Waals surface area contributed by atoms with Gasteiger partial charge < -0.3 is 15.3 Å². The summed E-state index contributed by atoms with van der Waals surface area (Å²) < 4.78 is 0. The predicted molar refractivity (Wildman–Crippen MR) is 92.3 cm³/mol. The van der Waals surface area contributed by atoms with Crippen LogP contribution >= 0.6 is 0 Å². The Labute approximate surface area is 144 Å². The van der Waals surface area contributed by atoms with E-state index in [-0.39, 0.29) is 22.7 Å². The lowest BCUT2D eigenvalue weighted by Crippen LogP contribution is -2.58. The van der Waals surface area contributed by atoms with Gasteiger partial charge in [0, 0.05) is 5.41 Å². The van der Waals surface area contributed by atoms with Gasteiger partial charge >= 0.3 is 5.97 Å². The molecule has 0 aromatic heterocycles. The second-order valence-electron chi connectivity index (χ2n) is 9.05. The molecule has 3 aliphatic rings. The Hall–Kier alpha value is -1.13. The molecule has 3 N–H and O–H groups in total. The third-order valence-electron chi connectivity index (χ3n) is 7.52. The number of carboxylic acids is 1. The fourth-order valence-corrected chi connectivity index (χ4v) is 5.94. The molecule has 0 saturated heterocycles. The Balaban J connectivity index is 2.04. The minimum absolute atomic E-state index is 0.0139. The van der Waals surface area contributed by atoms with Crippen molar-refractivity contribution in [2.24, 2.45) is 28.1 Å². The molecule has 4 nitrogen and oxygen atoms in total. The van der Waals surface area contributed by atoms with Gasteiger partial charge in [-0.3, -0.25) is 4.79 Å². The molecule has 3 rings (SSSR count). The fourth-order valence-electron chi connectivity index (χ4n) is 5.94. The molecule has 0 spiro atoms. The molecule has 0 aromatic rings. The zero-order chi connectivity index (χ0) is 17.9. The van der Waals surface area contributed by atoms with Crippen LogP contribution in [0.4, 0.5) is 0 Å². The van der Waals surface area contributed by atoms with Crippen LogP contribution in [0.15, 0.2) is 24.3 Å². The Bertz CT molecular complexity index is 596. The van der Waals surface area contributed by atoms with E-state index in [0.717, 1.165) is 12.8 Å². The highest BCUT2D eigenvalue weighted by Crippen LogP contribution is 2.63. The van der Waals surface area contributed by atoms with E-state index in [4.69, 9.17) is 0 Å². The zero-order valence-corrected chi connectivity index (χ0v) is 15.0. The topological polar surface area (TPSA) is 77.8 Å². The summed E-state index contributed by atoms with van der Waals surface area (Å²) in [6.45, 7) is 9.84. The Morgan fingerprint density at radius 2 is 1.96 bits per heavy atom. The Morgan fingerprint density at radius 3 is 2.54 bits per heavy atom. The lowest BCUT2D eigenvalue weighted by atomic mass is 9.44. The maximum Gasteiger partial charge on any atom is 0.309 e. The second-order valence-corrected chi connectivity index (χ2v) is 9.05. The van der Waals surface area contributed by atoms with Gasteiger partial charge in [-0.05, 0) is 56.3 Å². The molecule has 0 heterocycles. The number of hydrogen-bond donors (Lipinski definition) is 3. The molecule has 0 bridgehead atoms. The smallest absolute Gasteiger partial charge is 0.309 e. The lowest BCUT2D eigenvalue weighted by molar-refractivity contribution is -0.173. The lowest BCUT2D eigenvalue weighted by Gasteiger charge is -2.60. The number of aliphatic hydroxyl groups is 2. The fraction of sp³-hybridized carbons (Fsp3) is 0.750. The van der Waals surface area contributed by atoms with Gasteiger partial charge in [0.2, 0.25) is 0 Å². The predicted octanol–water partition coefficient (Wildman–Crippen LogP) is 3.15. The van der Waals surface area contributed by atoms with Gasteiger partial charge in [0.15, 0.2) is 0 Å². The van der Waals surface area contributed by atoms with Crippen LogP contribution in [0, 0.1) is 28.1 Å². The van der Waals surface area contributed by atoms with E-state index >= 15 is 0 Å². The molecular weight excluding hydrogens is 304 g/mol. The average Bonchev–Trinajstić information content (AvgIpc) is 2.48. The third kappa shape index (κ3) is 2.30. The van der Waals surface area contributed by atoms with Crippen molar-refractivity contribution in [1.29, 1.82) is 0 Å². The van der Waals surface area contributed by atoms with E-state index in [1.807, 2.05) is 13.0 Å². The largest absolute Gasteiger partial charge is 0.481 e. The summed E-state index contributed by atoms with van der Waals surface area (Å²) in [4.78, 5) is 12.0. The zero-order valence-electron chi connectivity index (χ0n) is 15.0. The number of aliphatic hydroxyl groups excluding tert-OH is 2. The van der Waals surface area contributed by atoms with Crippen LogP contribution in [0.2, 0.25) is 0 Å². The van der Waals surface area contributed by atoms with Gasteiger partial charge in [-0.1, -0.05) is 31.6 Å². The monoisotopic (exact) mass is 334 g/mol. The minimum Gasteiger partial charge on any atom is -0.481 e. The molecule has 24 heavy (non-hydrogen) atoms. The van der Waals surface area contributed by atoms with Gasteiger partial charge in [0.25, 0.3) is 0 Å². The normalized spacial score (nSPS) is 51.1. The highest BCUT2D eigenvalue weighted by atomic mass is 16.4. The van der Waals surface area contributed by atoms with Crippen LogP contribution in [-0.4, -0.2) is 33.5 Å². The summed E-state index contributed by atoms with van der Waals surface area (Å²) in [7, 11) is 0. The quantitative estimate of drug-likeness (QED) is 0.678. The summed E-state index contributed by atoms with van der Waals surface area (Å²) >= 11 is 0. The molecule has 134 valence electrons. The van der Waals surface area contributed by atoms with Crippen LogP contribution in [0.5, 0.6) is 0 Å². The van der Waals surface area contributed by atoms with Crippen LogP contribution in [-0.2, 0) is 4.79 Å². The number of allylic oxidation sites excluding steroid dienone is 2. The molecule has 7 unspecified atom stereocenters. The van der Waals surface area contributed by atoms with E-state index in [0.29, 0.717) is 19.3 Å². The standard InChI is InChI=1S/C20H30O4/c1-5-18(2)9-12-6-7-15-19(3,14(12)8-16(18)22)10-13(21)11-20(15,4)17(23)24/h5-6,13-16,21-22H,1,7-11H2,2-4H3,(H,23,24). The highest BCUT2D eigenvalue weighted by Gasteiger charge is 2.61. The SMILES string of the molecule is C=CC1(C)CC2=CCC3C(C)(C(=O)O)CC(O)CC3(C)C2CC1O. The molecular formula is C20H30O4. The van der Waals surface area contributed by atoms with Crippen molar-refractivity contribution in [2.45, 2.75) is 65.1 Å². The van der Waals surface area contributed by atoms with Crippen LogP contribution in [0.3, 0.4) is 0 Å². The molecule has 3 aliphatic carbocycles. The first kappa shape index (κ1) is 17.7. The number of carboxylic acid groups (broad SMARTS) is 1. The van der Waals surface area contributed by atoms with Gasteiger partial charge in [-0.15, -0.1) is 6.58 Å².